The zero-order chi connectivity index (χ0) is 11.7. The van der Waals surface area contributed by atoms with Crippen LogP contribution >= 0.6 is 11.8 Å². The molecule has 1 saturated carbocycles. The fraction of sp³-hybridized carbons (Fsp3) is 0.846. The van der Waals surface area contributed by atoms with E-state index in [0.29, 0.717) is 0 Å². The first kappa shape index (κ1) is 13.9. The van der Waals surface area contributed by atoms with Gasteiger partial charge in [0.25, 0.3) is 0 Å². The molecule has 0 spiro atoms. The number of aliphatic hydroxyl groups is 1. The maximum Gasteiger partial charge on any atom is 0.0771 e. The van der Waals surface area contributed by atoms with Crippen LogP contribution in [0.5, 0.6) is 0 Å². The molecule has 3 heteroatoms. The lowest BCUT2D eigenvalue weighted by atomic mass is 9.94. The normalized spacial score (nSPS) is 20.0. The summed E-state index contributed by atoms with van der Waals surface area (Å²) in [5.41, 5.74) is -0.451. The predicted octanol–water partition coefficient (Wildman–Crippen LogP) is 2.03. The van der Waals surface area contributed by atoms with Gasteiger partial charge in [-0.2, -0.15) is 0 Å². The Balaban J connectivity index is 2.08. The van der Waals surface area contributed by atoms with Gasteiger partial charge >= 0.3 is 0 Å². The van der Waals surface area contributed by atoms with E-state index in [4.69, 9.17) is 6.42 Å². The molecule has 1 aliphatic carbocycles. The molecule has 0 aliphatic heterocycles. The smallest absolute Gasteiger partial charge is 0.0771 e. The molecule has 1 fully saturated rings. The van der Waals surface area contributed by atoms with Gasteiger partial charge in [-0.3, -0.25) is 0 Å². The number of nitrogens with one attached hydrogen (secondary N) is 1. The summed E-state index contributed by atoms with van der Waals surface area (Å²) in [6.07, 6.45) is 12.0. The molecule has 0 aromatic carbocycles. The first-order valence-electron chi connectivity index (χ1n) is 6.21. The van der Waals surface area contributed by atoms with Gasteiger partial charge in [0.2, 0.25) is 0 Å². The molecule has 1 rings (SSSR count). The molecular weight excluding hydrogens is 218 g/mol. The van der Waals surface area contributed by atoms with Crippen molar-refractivity contribution in [3.05, 3.63) is 0 Å². The zero-order valence-corrected chi connectivity index (χ0v) is 10.8. The summed E-state index contributed by atoms with van der Waals surface area (Å²) < 4.78 is 0. The van der Waals surface area contributed by atoms with Crippen LogP contribution in [0, 0.1) is 12.3 Å². The largest absolute Gasteiger partial charge is 0.389 e. The summed E-state index contributed by atoms with van der Waals surface area (Å²) in [5, 5.41) is 13.7. The van der Waals surface area contributed by atoms with E-state index in [0.717, 1.165) is 37.4 Å². The minimum absolute atomic E-state index is 0.451. The average Bonchev–Trinajstić information content (AvgIpc) is 2.49. The Morgan fingerprint density at radius 2 is 1.94 bits per heavy atom. The maximum atomic E-state index is 10.4. The van der Waals surface area contributed by atoms with Crippen molar-refractivity contribution in [1.29, 1.82) is 0 Å². The molecule has 16 heavy (non-hydrogen) atoms. The first-order valence-corrected chi connectivity index (χ1v) is 7.37. The fourth-order valence-electron chi connectivity index (χ4n) is 2.16. The highest BCUT2D eigenvalue weighted by atomic mass is 32.2. The summed E-state index contributed by atoms with van der Waals surface area (Å²) in [5.74, 6) is 4.42. The van der Waals surface area contributed by atoms with Crippen LogP contribution in [0.25, 0.3) is 0 Å². The lowest BCUT2D eigenvalue weighted by molar-refractivity contribution is 0.0259. The Morgan fingerprint density at radius 1 is 1.25 bits per heavy atom. The van der Waals surface area contributed by atoms with Crippen molar-refractivity contribution in [2.75, 3.05) is 24.6 Å². The van der Waals surface area contributed by atoms with Crippen LogP contribution in [-0.4, -0.2) is 35.3 Å². The summed E-state index contributed by atoms with van der Waals surface area (Å²) in [4.78, 5) is 0. The molecule has 0 aromatic heterocycles. The van der Waals surface area contributed by atoms with E-state index in [9.17, 15) is 5.11 Å². The van der Waals surface area contributed by atoms with Crippen molar-refractivity contribution in [3.63, 3.8) is 0 Å². The van der Waals surface area contributed by atoms with Crippen LogP contribution in [0.2, 0.25) is 0 Å². The zero-order valence-electron chi connectivity index (χ0n) is 10.0. The Bertz CT molecular complexity index is 216. The molecule has 0 saturated heterocycles. The second kappa shape index (κ2) is 8.00. The minimum atomic E-state index is -0.451. The number of thioether (sulfide) groups is 1. The molecule has 0 heterocycles. The van der Waals surface area contributed by atoms with Crippen LogP contribution in [-0.2, 0) is 0 Å². The van der Waals surface area contributed by atoms with Crippen molar-refractivity contribution >= 4 is 11.8 Å². The topological polar surface area (TPSA) is 32.3 Å². The Labute approximate surface area is 104 Å². The monoisotopic (exact) mass is 241 g/mol. The van der Waals surface area contributed by atoms with Crippen LogP contribution in [0.1, 0.15) is 38.5 Å². The maximum absolute atomic E-state index is 10.4. The van der Waals surface area contributed by atoms with Gasteiger partial charge in [0.15, 0.2) is 0 Å². The van der Waals surface area contributed by atoms with Crippen molar-refractivity contribution in [2.24, 2.45) is 0 Å². The Kier molecular flexibility index (Phi) is 6.95. The highest BCUT2D eigenvalue weighted by molar-refractivity contribution is 7.99. The first-order chi connectivity index (χ1) is 7.77. The lowest BCUT2D eigenvalue weighted by Gasteiger charge is -2.26. The molecule has 0 unspecified atom stereocenters. The number of rotatable bonds is 6. The second-order valence-corrected chi connectivity index (χ2v) is 5.68. The van der Waals surface area contributed by atoms with Crippen LogP contribution < -0.4 is 5.32 Å². The molecule has 0 radical (unpaired) electrons. The van der Waals surface area contributed by atoms with Crippen LogP contribution in [0.15, 0.2) is 0 Å². The van der Waals surface area contributed by atoms with Gasteiger partial charge in [0, 0.05) is 18.8 Å². The molecule has 2 N–H and O–H groups in total. The molecule has 92 valence electrons. The van der Waals surface area contributed by atoms with Crippen molar-refractivity contribution < 1.29 is 5.11 Å². The summed E-state index contributed by atoms with van der Waals surface area (Å²) in [6.45, 7) is 1.68. The Morgan fingerprint density at radius 3 is 2.56 bits per heavy atom. The summed E-state index contributed by atoms with van der Waals surface area (Å²) >= 11 is 1.76. The quantitative estimate of drug-likeness (QED) is 0.424. The van der Waals surface area contributed by atoms with Crippen LogP contribution in [0.3, 0.4) is 0 Å². The van der Waals surface area contributed by atoms with E-state index in [1.54, 1.807) is 11.8 Å². The van der Waals surface area contributed by atoms with E-state index in [-0.39, 0.29) is 0 Å². The third kappa shape index (κ3) is 5.79. The molecule has 0 atom stereocenters. The van der Waals surface area contributed by atoms with Gasteiger partial charge in [-0.15, -0.1) is 18.2 Å². The van der Waals surface area contributed by atoms with Gasteiger partial charge in [-0.25, -0.2) is 0 Å². The standard InChI is InChI=1S/C13H23NOS/c1-2-10-16-11-9-14-12-13(15)7-5-3-4-6-8-13/h1,14-15H,3-12H2. The number of hydrogen-bond acceptors (Lipinski definition) is 3. The van der Waals surface area contributed by atoms with E-state index < -0.39 is 5.60 Å². The molecule has 0 aromatic rings. The molecule has 0 bridgehead atoms. The molecule has 2 nitrogen and oxygen atoms in total. The van der Waals surface area contributed by atoms with Gasteiger partial charge in [-0.1, -0.05) is 31.6 Å². The minimum Gasteiger partial charge on any atom is -0.389 e. The van der Waals surface area contributed by atoms with Crippen molar-refractivity contribution in [1.82, 2.24) is 5.32 Å². The van der Waals surface area contributed by atoms with Crippen molar-refractivity contribution in [3.8, 4) is 12.3 Å². The van der Waals surface area contributed by atoms with Gasteiger partial charge in [0.1, 0.15) is 0 Å². The van der Waals surface area contributed by atoms with Gasteiger partial charge in [0.05, 0.1) is 11.4 Å². The van der Waals surface area contributed by atoms with E-state index >= 15 is 0 Å². The van der Waals surface area contributed by atoms with E-state index in [1.165, 1.54) is 25.7 Å². The van der Waals surface area contributed by atoms with Crippen molar-refractivity contribution in [2.45, 2.75) is 44.1 Å². The average molecular weight is 241 g/mol. The number of terminal acetylenes is 1. The van der Waals surface area contributed by atoms with Crippen LogP contribution in [0.4, 0.5) is 0 Å². The lowest BCUT2D eigenvalue weighted by Crippen LogP contribution is -2.40. The fourth-order valence-corrected chi connectivity index (χ4v) is 2.71. The SMILES string of the molecule is C#CCSCCNCC1(O)CCCCCC1. The Hall–Kier alpha value is -0.170. The third-order valence-corrected chi connectivity index (χ3v) is 3.96. The molecule has 1 aliphatic rings. The van der Waals surface area contributed by atoms with Gasteiger partial charge < -0.3 is 10.4 Å². The molecule has 0 amide bonds. The molecular formula is C13H23NOS. The predicted molar refractivity (Wildman–Crippen MR) is 71.7 cm³/mol. The van der Waals surface area contributed by atoms with E-state index in [1.807, 2.05) is 0 Å². The van der Waals surface area contributed by atoms with E-state index in [2.05, 4.69) is 11.2 Å². The second-order valence-electron chi connectivity index (χ2n) is 4.57. The third-order valence-electron chi connectivity index (χ3n) is 3.10. The summed E-state index contributed by atoms with van der Waals surface area (Å²) in [6, 6.07) is 0. The number of hydrogen-bond donors (Lipinski definition) is 2. The highest BCUT2D eigenvalue weighted by Crippen LogP contribution is 2.26. The highest BCUT2D eigenvalue weighted by Gasteiger charge is 2.26. The van der Waals surface area contributed by atoms with Gasteiger partial charge in [-0.05, 0) is 12.8 Å². The summed E-state index contributed by atoms with van der Waals surface area (Å²) in [7, 11) is 0.